The van der Waals surface area contributed by atoms with Gasteiger partial charge in [-0.15, -0.1) is 0 Å². The first kappa shape index (κ1) is 25.8. The summed E-state index contributed by atoms with van der Waals surface area (Å²) in [5.74, 6) is -1.36. The number of nitrogens with zero attached hydrogens (tertiary/aromatic N) is 2. The second-order valence-electron chi connectivity index (χ2n) is 9.63. The van der Waals surface area contributed by atoms with Crippen LogP contribution >= 0.6 is 0 Å². The molecule has 0 fully saturated rings. The van der Waals surface area contributed by atoms with Gasteiger partial charge >= 0.3 is 5.97 Å². The van der Waals surface area contributed by atoms with Crippen molar-refractivity contribution >= 4 is 22.8 Å². The van der Waals surface area contributed by atoms with Crippen LogP contribution < -0.4 is 21.9 Å². The molecule has 0 radical (unpaired) electrons. The number of hydrogen-bond acceptors (Lipinski definition) is 8. The second kappa shape index (κ2) is 10.1. The van der Waals surface area contributed by atoms with Crippen molar-refractivity contribution < 1.29 is 23.8 Å². The van der Waals surface area contributed by atoms with E-state index in [9.17, 15) is 23.9 Å². The van der Waals surface area contributed by atoms with Gasteiger partial charge < -0.3 is 30.8 Å². The molecule has 10 nitrogen and oxygen atoms in total. The first-order chi connectivity index (χ1) is 18.2. The summed E-state index contributed by atoms with van der Waals surface area (Å²) in [6.07, 6.45) is 1.26. The van der Waals surface area contributed by atoms with Gasteiger partial charge in [0.05, 0.1) is 41.6 Å². The molecule has 5 N–H and O–H groups in total. The van der Waals surface area contributed by atoms with Crippen LogP contribution in [0.15, 0.2) is 16.9 Å². The summed E-state index contributed by atoms with van der Waals surface area (Å²) in [4.78, 5) is 42.5. The number of amides is 1. The van der Waals surface area contributed by atoms with E-state index in [0.29, 0.717) is 48.4 Å². The number of aromatic nitrogens is 2. The highest BCUT2D eigenvalue weighted by Crippen LogP contribution is 2.45. The average Bonchev–Trinajstić information content (AvgIpc) is 3.25. The topological polar surface area (TPSA) is 149 Å². The fourth-order valence-electron chi connectivity index (χ4n) is 5.42. The van der Waals surface area contributed by atoms with Gasteiger partial charge in [0, 0.05) is 42.6 Å². The quantitative estimate of drug-likeness (QED) is 0.201. The smallest absolute Gasteiger partial charge is 0.305 e. The molecule has 0 bridgehead atoms. The first-order valence-electron chi connectivity index (χ1n) is 12.7. The lowest BCUT2D eigenvalue weighted by atomic mass is 9.81. The number of ether oxygens (including phenoxy) is 1. The predicted octanol–water partition coefficient (Wildman–Crippen LogP) is 1.68. The van der Waals surface area contributed by atoms with Crippen molar-refractivity contribution in [2.45, 2.75) is 52.3 Å². The molecule has 0 unspecified atom stereocenters. The number of benzene rings is 1. The number of nitrogens with two attached hydrogens (primary N) is 1. The summed E-state index contributed by atoms with van der Waals surface area (Å²) in [5.41, 5.74) is 9.18. The predicted molar refractivity (Wildman–Crippen MR) is 138 cm³/mol. The van der Waals surface area contributed by atoms with Crippen LogP contribution in [0, 0.1) is 12.7 Å². The van der Waals surface area contributed by atoms with E-state index in [-0.39, 0.29) is 55.2 Å². The molecule has 1 aliphatic heterocycles. The number of carbonyl (C=O) groups is 2. The SMILES string of the molecule is CCC(=O)OCc1c(O)cc2n(c1=O)Cc1c-2nc2cc(F)c(C)c3c2c1[C@@H](NC(=O)CNCCN)CC3. The van der Waals surface area contributed by atoms with E-state index < -0.39 is 11.5 Å². The molecule has 200 valence electrons. The van der Waals surface area contributed by atoms with E-state index in [4.69, 9.17) is 15.5 Å². The summed E-state index contributed by atoms with van der Waals surface area (Å²) in [6, 6.07) is 2.43. The number of halogens is 1. The van der Waals surface area contributed by atoms with Crippen LogP contribution in [0.25, 0.3) is 22.3 Å². The van der Waals surface area contributed by atoms with E-state index in [1.165, 1.54) is 16.7 Å². The number of pyridine rings is 2. The second-order valence-corrected chi connectivity index (χ2v) is 9.63. The Hall–Kier alpha value is -3.83. The zero-order chi connectivity index (χ0) is 27.1. The number of hydrogen-bond donors (Lipinski definition) is 4. The Morgan fingerprint density at radius 1 is 1.32 bits per heavy atom. The summed E-state index contributed by atoms with van der Waals surface area (Å²) in [6.45, 7) is 4.20. The molecule has 0 spiro atoms. The molecular formula is C27H30FN5O5. The van der Waals surface area contributed by atoms with E-state index >= 15 is 0 Å². The molecule has 1 aromatic carbocycles. The highest BCUT2D eigenvalue weighted by Gasteiger charge is 2.35. The Morgan fingerprint density at radius 2 is 2.11 bits per heavy atom. The molecule has 0 saturated heterocycles. The molecule has 38 heavy (non-hydrogen) atoms. The maximum Gasteiger partial charge on any atom is 0.305 e. The van der Waals surface area contributed by atoms with Crippen molar-refractivity contribution in [1.82, 2.24) is 20.2 Å². The van der Waals surface area contributed by atoms with Gasteiger partial charge in [-0.05, 0) is 36.5 Å². The molecule has 1 aliphatic carbocycles. The minimum Gasteiger partial charge on any atom is -0.507 e. The van der Waals surface area contributed by atoms with Crippen molar-refractivity contribution in [3.8, 4) is 17.1 Å². The van der Waals surface area contributed by atoms with Gasteiger partial charge in [-0.2, -0.15) is 0 Å². The summed E-state index contributed by atoms with van der Waals surface area (Å²) < 4.78 is 21.5. The average molecular weight is 524 g/mol. The molecular weight excluding hydrogens is 493 g/mol. The zero-order valence-electron chi connectivity index (χ0n) is 21.3. The highest BCUT2D eigenvalue weighted by atomic mass is 19.1. The monoisotopic (exact) mass is 523 g/mol. The van der Waals surface area contributed by atoms with Crippen LogP contribution in [0.4, 0.5) is 4.39 Å². The van der Waals surface area contributed by atoms with Crippen LogP contribution in [-0.2, 0) is 33.9 Å². The first-order valence-corrected chi connectivity index (χ1v) is 12.7. The Kier molecular flexibility index (Phi) is 6.89. The molecule has 3 heterocycles. The van der Waals surface area contributed by atoms with Gasteiger partial charge in [-0.25, -0.2) is 9.37 Å². The van der Waals surface area contributed by atoms with Gasteiger partial charge in [0.2, 0.25) is 5.91 Å². The molecule has 11 heteroatoms. The van der Waals surface area contributed by atoms with Crippen LogP contribution in [0.3, 0.4) is 0 Å². The van der Waals surface area contributed by atoms with Crippen LogP contribution in [0.2, 0.25) is 0 Å². The van der Waals surface area contributed by atoms with E-state index in [0.717, 1.165) is 22.1 Å². The van der Waals surface area contributed by atoms with Crippen LogP contribution in [0.5, 0.6) is 5.75 Å². The molecule has 1 amide bonds. The van der Waals surface area contributed by atoms with Crippen molar-refractivity contribution in [2.75, 3.05) is 19.6 Å². The number of aryl methyl sites for hydroxylation is 1. The van der Waals surface area contributed by atoms with Crippen molar-refractivity contribution in [1.29, 1.82) is 0 Å². The standard InChI is InChI=1S/C27H30FN5O5/c1-3-23(36)38-12-16-21(34)9-20-26-15(11-33(20)27(16)37)25-18(31-22(35)10-30-7-6-29)5-4-14-13(2)17(28)8-19(32-26)24(14)25/h8-9,18,30,34H,3-7,10-12,29H2,1-2H3,(H,31,35)/t18-/m0/s1. The number of fused-ring (bicyclic) bond motifs is 4. The minimum atomic E-state index is -0.497. The maximum atomic E-state index is 14.9. The lowest BCUT2D eigenvalue weighted by molar-refractivity contribution is -0.144. The normalized spacial score (nSPS) is 15.3. The summed E-state index contributed by atoms with van der Waals surface area (Å²) >= 11 is 0. The van der Waals surface area contributed by atoms with Gasteiger partial charge in [0.1, 0.15) is 18.2 Å². The Labute approximate surface area is 218 Å². The number of rotatable bonds is 8. The number of nitrogens with one attached hydrogen (secondary N) is 2. The molecule has 5 rings (SSSR count). The molecule has 2 aromatic heterocycles. The molecule has 1 atom stereocenters. The third-order valence-corrected chi connectivity index (χ3v) is 7.32. The summed E-state index contributed by atoms with van der Waals surface area (Å²) in [5, 5.41) is 17.5. The lowest BCUT2D eigenvalue weighted by Gasteiger charge is -2.29. The van der Waals surface area contributed by atoms with Gasteiger partial charge in [0.25, 0.3) is 5.56 Å². The molecule has 3 aromatic rings. The van der Waals surface area contributed by atoms with E-state index in [1.807, 2.05) is 0 Å². The van der Waals surface area contributed by atoms with Gasteiger partial charge in [0.15, 0.2) is 0 Å². The number of carbonyl (C=O) groups excluding carboxylic acids is 2. The van der Waals surface area contributed by atoms with Gasteiger partial charge in [-0.1, -0.05) is 6.92 Å². The number of aromatic hydroxyl groups is 1. The Balaban J connectivity index is 1.64. The van der Waals surface area contributed by atoms with Crippen molar-refractivity contribution in [3.63, 3.8) is 0 Å². The Morgan fingerprint density at radius 3 is 2.84 bits per heavy atom. The third-order valence-electron chi connectivity index (χ3n) is 7.32. The lowest BCUT2D eigenvalue weighted by Crippen LogP contribution is -2.39. The van der Waals surface area contributed by atoms with E-state index in [1.54, 1.807) is 13.8 Å². The van der Waals surface area contributed by atoms with Crippen LogP contribution in [-0.4, -0.2) is 46.2 Å². The summed E-state index contributed by atoms with van der Waals surface area (Å²) in [7, 11) is 0. The molecule has 2 aliphatic rings. The third kappa shape index (κ3) is 4.31. The van der Waals surface area contributed by atoms with Crippen molar-refractivity contribution in [2.24, 2.45) is 5.73 Å². The maximum absolute atomic E-state index is 14.9. The number of esters is 1. The molecule has 0 saturated carbocycles. The largest absolute Gasteiger partial charge is 0.507 e. The highest BCUT2D eigenvalue weighted by molar-refractivity contribution is 5.93. The minimum absolute atomic E-state index is 0.0278. The van der Waals surface area contributed by atoms with Gasteiger partial charge in [-0.3, -0.25) is 14.4 Å². The fraction of sp³-hybridized carbons (Fsp3) is 0.407. The Bertz CT molecular complexity index is 1530. The van der Waals surface area contributed by atoms with Crippen LogP contribution in [0.1, 0.15) is 53.6 Å². The fourth-order valence-corrected chi connectivity index (χ4v) is 5.42. The van der Waals surface area contributed by atoms with Crippen molar-refractivity contribution in [3.05, 3.63) is 56.1 Å². The van der Waals surface area contributed by atoms with E-state index in [2.05, 4.69) is 10.6 Å². The zero-order valence-corrected chi connectivity index (χ0v) is 21.3.